The van der Waals surface area contributed by atoms with E-state index in [1.807, 2.05) is 5.32 Å². The smallest absolute Gasteiger partial charge is 0.330 e. The topological polar surface area (TPSA) is 102 Å². The molecule has 23 heavy (non-hydrogen) atoms. The number of carbonyl (C=O) groups is 2. The average molecular weight is 334 g/mol. The highest BCUT2D eigenvalue weighted by atomic mass is 19.4. The highest BCUT2D eigenvalue weighted by molar-refractivity contribution is 6.07. The number of amides is 2. The first-order valence-electron chi connectivity index (χ1n) is 6.48. The molecule has 126 valence electrons. The van der Waals surface area contributed by atoms with E-state index in [2.05, 4.69) is 0 Å². The quantitative estimate of drug-likeness (QED) is 0.748. The minimum Gasteiger partial charge on any atom is -0.330 e. The van der Waals surface area contributed by atoms with Crippen LogP contribution >= 0.6 is 0 Å². The second-order valence-electron chi connectivity index (χ2n) is 5.03. The van der Waals surface area contributed by atoms with Gasteiger partial charge in [0, 0.05) is 20.5 Å². The van der Waals surface area contributed by atoms with Crippen LogP contribution < -0.4 is 21.9 Å². The number of nitrogens with zero attached hydrogens (tertiary/aromatic N) is 2. The summed E-state index contributed by atoms with van der Waals surface area (Å²) in [5.74, 6) is -3.29. The van der Waals surface area contributed by atoms with Crippen LogP contribution in [0.2, 0.25) is 0 Å². The van der Waals surface area contributed by atoms with E-state index in [4.69, 9.17) is 0 Å². The molecular formula is C12H13F3N4O4. The van der Waals surface area contributed by atoms with Gasteiger partial charge in [0.05, 0.1) is 0 Å². The Morgan fingerprint density at radius 1 is 1.22 bits per heavy atom. The molecule has 11 heteroatoms. The van der Waals surface area contributed by atoms with Gasteiger partial charge in [0.2, 0.25) is 11.4 Å². The molecule has 1 aliphatic heterocycles. The molecular weight excluding hydrogens is 321 g/mol. The Morgan fingerprint density at radius 2 is 1.78 bits per heavy atom. The monoisotopic (exact) mass is 334 g/mol. The van der Waals surface area contributed by atoms with E-state index in [0.29, 0.717) is 9.13 Å². The van der Waals surface area contributed by atoms with Crippen LogP contribution in [0.5, 0.6) is 0 Å². The van der Waals surface area contributed by atoms with Gasteiger partial charge < -0.3 is 10.6 Å². The van der Waals surface area contributed by atoms with E-state index in [9.17, 15) is 32.3 Å². The van der Waals surface area contributed by atoms with E-state index in [1.54, 1.807) is 5.32 Å². The minimum atomic E-state index is -5.28. The van der Waals surface area contributed by atoms with Crippen molar-refractivity contribution in [3.05, 3.63) is 26.4 Å². The van der Waals surface area contributed by atoms with Crippen LogP contribution in [0, 0.1) is 0 Å². The molecule has 1 aliphatic rings. The molecule has 0 radical (unpaired) electrons. The number of halogens is 3. The zero-order chi connectivity index (χ0) is 17.7. The van der Waals surface area contributed by atoms with Gasteiger partial charge in [0.1, 0.15) is 11.4 Å². The summed E-state index contributed by atoms with van der Waals surface area (Å²) in [7, 11) is 2.09. The predicted octanol–water partition coefficient (Wildman–Crippen LogP) is -0.680. The van der Waals surface area contributed by atoms with Gasteiger partial charge in [-0.25, -0.2) is 4.79 Å². The SMILES string of the molecule is CCC(=O)N[C@]1(C(F)(F)F)C(=O)Nc2c1c(=O)n(C)c(=O)n2C. The maximum absolute atomic E-state index is 13.7. The van der Waals surface area contributed by atoms with Crippen molar-refractivity contribution in [3.63, 3.8) is 0 Å². The summed E-state index contributed by atoms with van der Waals surface area (Å²) >= 11 is 0. The summed E-state index contributed by atoms with van der Waals surface area (Å²) in [6.07, 6.45) is -5.61. The third-order valence-electron chi connectivity index (χ3n) is 3.69. The molecule has 0 aliphatic carbocycles. The Morgan fingerprint density at radius 3 is 2.26 bits per heavy atom. The van der Waals surface area contributed by atoms with Gasteiger partial charge in [-0.2, -0.15) is 13.2 Å². The fraction of sp³-hybridized carbons (Fsp3) is 0.500. The Hall–Kier alpha value is -2.59. The van der Waals surface area contributed by atoms with Crippen LogP contribution in [0.3, 0.4) is 0 Å². The van der Waals surface area contributed by atoms with Crippen LogP contribution in [0.15, 0.2) is 9.59 Å². The van der Waals surface area contributed by atoms with E-state index < -0.39 is 46.2 Å². The van der Waals surface area contributed by atoms with E-state index >= 15 is 0 Å². The van der Waals surface area contributed by atoms with E-state index in [1.165, 1.54) is 6.92 Å². The van der Waals surface area contributed by atoms with Crippen molar-refractivity contribution in [1.82, 2.24) is 14.5 Å². The predicted molar refractivity (Wildman–Crippen MR) is 71.7 cm³/mol. The number of fused-ring (bicyclic) bond motifs is 1. The van der Waals surface area contributed by atoms with Gasteiger partial charge in [0.25, 0.3) is 11.5 Å². The lowest BCUT2D eigenvalue weighted by Gasteiger charge is -2.30. The fourth-order valence-electron chi connectivity index (χ4n) is 2.40. The number of rotatable bonds is 2. The molecule has 0 bridgehead atoms. The highest BCUT2D eigenvalue weighted by Crippen LogP contribution is 2.44. The van der Waals surface area contributed by atoms with Crippen LogP contribution in [0.4, 0.5) is 19.0 Å². The van der Waals surface area contributed by atoms with Crippen LogP contribution in [0.25, 0.3) is 0 Å². The maximum Gasteiger partial charge on any atom is 0.425 e. The number of carbonyl (C=O) groups excluding carboxylic acids is 2. The number of alkyl halides is 3. The van der Waals surface area contributed by atoms with Crippen LogP contribution in [-0.4, -0.2) is 27.1 Å². The van der Waals surface area contributed by atoms with Crippen molar-refractivity contribution in [2.45, 2.75) is 25.1 Å². The van der Waals surface area contributed by atoms with Crippen molar-refractivity contribution in [3.8, 4) is 0 Å². The molecule has 1 aromatic heterocycles. The largest absolute Gasteiger partial charge is 0.425 e. The lowest BCUT2D eigenvalue weighted by molar-refractivity contribution is -0.200. The molecule has 8 nitrogen and oxygen atoms in total. The number of aromatic nitrogens is 2. The van der Waals surface area contributed by atoms with Gasteiger partial charge in [-0.3, -0.25) is 23.5 Å². The normalized spacial score (nSPS) is 20.2. The van der Waals surface area contributed by atoms with E-state index in [-0.39, 0.29) is 6.42 Å². The highest BCUT2D eigenvalue weighted by Gasteiger charge is 2.68. The third kappa shape index (κ3) is 2.06. The Labute approximate surface area is 126 Å². The first-order valence-corrected chi connectivity index (χ1v) is 6.48. The van der Waals surface area contributed by atoms with Crippen molar-refractivity contribution >= 4 is 17.6 Å². The number of nitrogens with one attached hydrogen (secondary N) is 2. The first-order chi connectivity index (χ1) is 10.5. The molecule has 0 saturated carbocycles. The van der Waals surface area contributed by atoms with Crippen molar-refractivity contribution in [1.29, 1.82) is 0 Å². The molecule has 0 saturated heterocycles. The van der Waals surface area contributed by atoms with Gasteiger partial charge >= 0.3 is 11.9 Å². The lowest BCUT2D eigenvalue weighted by Crippen LogP contribution is -2.62. The van der Waals surface area contributed by atoms with Crippen molar-refractivity contribution in [2.75, 3.05) is 5.32 Å². The van der Waals surface area contributed by atoms with Crippen molar-refractivity contribution in [2.24, 2.45) is 14.1 Å². The fourth-order valence-corrected chi connectivity index (χ4v) is 2.40. The van der Waals surface area contributed by atoms with Gasteiger partial charge in [-0.1, -0.05) is 6.92 Å². The van der Waals surface area contributed by atoms with Gasteiger partial charge in [-0.15, -0.1) is 0 Å². The Bertz CT molecular complexity index is 823. The average Bonchev–Trinajstić information content (AvgIpc) is 2.76. The van der Waals surface area contributed by atoms with Gasteiger partial charge in [0.15, 0.2) is 0 Å². The number of anilines is 1. The molecule has 2 heterocycles. The third-order valence-corrected chi connectivity index (χ3v) is 3.69. The molecule has 2 rings (SSSR count). The molecule has 0 aromatic carbocycles. The standard InChI is InChI=1S/C12H13F3N4O4/c1-4-5(20)17-11(12(13,14)15)6-7(16-9(11)22)18(2)10(23)19(3)8(6)21/h4H2,1-3H3,(H,16,22)(H,17,20)/t11-/m0/s1. The lowest BCUT2D eigenvalue weighted by atomic mass is 9.91. The summed E-state index contributed by atoms with van der Waals surface area (Å²) in [6, 6.07) is 0. The zero-order valence-corrected chi connectivity index (χ0v) is 12.4. The second-order valence-corrected chi connectivity index (χ2v) is 5.03. The zero-order valence-electron chi connectivity index (χ0n) is 12.4. The van der Waals surface area contributed by atoms with Gasteiger partial charge in [-0.05, 0) is 0 Å². The van der Waals surface area contributed by atoms with Crippen molar-refractivity contribution < 1.29 is 22.8 Å². The molecule has 2 N–H and O–H groups in total. The maximum atomic E-state index is 13.7. The summed E-state index contributed by atoms with van der Waals surface area (Å²) in [6.45, 7) is 1.30. The summed E-state index contributed by atoms with van der Waals surface area (Å²) in [5.41, 5.74) is -6.78. The van der Waals surface area contributed by atoms with E-state index in [0.717, 1.165) is 14.1 Å². The molecule has 0 unspecified atom stereocenters. The van der Waals surface area contributed by atoms with Crippen LogP contribution in [-0.2, 0) is 29.2 Å². The molecule has 1 aromatic rings. The molecule has 1 atom stereocenters. The summed E-state index contributed by atoms with van der Waals surface area (Å²) in [5, 5.41) is 3.48. The second kappa shape index (κ2) is 4.96. The number of hydrogen-bond donors (Lipinski definition) is 2. The number of hydrogen-bond acceptors (Lipinski definition) is 4. The summed E-state index contributed by atoms with van der Waals surface area (Å²) < 4.78 is 42.2. The molecule has 2 amide bonds. The summed E-state index contributed by atoms with van der Waals surface area (Å²) in [4.78, 5) is 47.6. The first kappa shape index (κ1) is 16.8. The Balaban J connectivity index is 2.94. The molecule has 0 spiro atoms. The minimum absolute atomic E-state index is 0.327. The molecule has 0 fully saturated rings. The van der Waals surface area contributed by atoms with Crippen LogP contribution in [0.1, 0.15) is 18.9 Å². The Kier molecular flexibility index (Phi) is 3.62.